The van der Waals surface area contributed by atoms with E-state index < -0.39 is 0 Å². The van der Waals surface area contributed by atoms with Gasteiger partial charge in [0.2, 0.25) is 0 Å². The van der Waals surface area contributed by atoms with Gasteiger partial charge in [0, 0.05) is 23.3 Å². The molecule has 106 valence electrons. The zero-order chi connectivity index (χ0) is 14.8. The molecular weight excluding hydrogens is 306 g/mol. The van der Waals surface area contributed by atoms with Crippen LogP contribution in [0.15, 0.2) is 47.7 Å². The zero-order valence-corrected chi connectivity index (χ0v) is 12.8. The fourth-order valence-corrected chi connectivity index (χ4v) is 3.38. The number of amides is 1. The van der Waals surface area contributed by atoms with Crippen LogP contribution in [0.3, 0.4) is 0 Å². The van der Waals surface area contributed by atoms with Crippen LogP contribution >= 0.6 is 22.9 Å². The number of fused-ring (bicyclic) bond motifs is 1. The maximum atomic E-state index is 12.1. The summed E-state index contributed by atoms with van der Waals surface area (Å²) >= 11 is 7.61. The van der Waals surface area contributed by atoms with Gasteiger partial charge in [0.15, 0.2) is 0 Å². The first-order valence-corrected chi connectivity index (χ1v) is 7.48. The molecule has 0 saturated carbocycles. The number of carbonyl (C=O) groups excluding carboxylic acids is 1. The molecule has 0 radical (unpaired) electrons. The average Bonchev–Trinajstić information content (AvgIpc) is 3.04. The Balaban J connectivity index is 1.80. The third-order valence-corrected chi connectivity index (χ3v) is 4.76. The highest BCUT2D eigenvalue weighted by Gasteiger charge is 2.16. The van der Waals surface area contributed by atoms with E-state index in [-0.39, 0.29) is 5.91 Å². The minimum absolute atomic E-state index is 0.299. The molecule has 0 saturated heterocycles. The van der Waals surface area contributed by atoms with Crippen LogP contribution in [0.2, 0.25) is 5.02 Å². The fourth-order valence-electron chi connectivity index (χ4n) is 1.98. The fraction of sp³-hybridized carbons (Fsp3) is 0.0667. The number of thiophene rings is 1. The molecule has 0 aliphatic heterocycles. The number of benzene rings is 1. The van der Waals surface area contributed by atoms with Crippen LogP contribution in [0.4, 0.5) is 0 Å². The molecule has 1 N–H and O–H groups in total. The molecule has 3 aromatic rings. The van der Waals surface area contributed by atoms with E-state index in [1.54, 1.807) is 6.21 Å². The summed E-state index contributed by atoms with van der Waals surface area (Å²) < 4.78 is 2.89. The third kappa shape index (κ3) is 2.70. The van der Waals surface area contributed by atoms with Crippen LogP contribution in [-0.2, 0) is 7.05 Å². The second-order valence-corrected chi connectivity index (χ2v) is 5.91. The van der Waals surface area contributed by atoms with E-state index in [1.807, 2.05) is 54.2 Å². The molecule has 1 aromatic carbocycles. The van der Waals surface area contributed by atoms with E-state index in [9.17, 15) is 4.79 Å². The number of hydrogen-bond acceptors (Lipinski definition) is 3. The Labute approximate surface area is 130 Å². The Morgan fingerprint density at radius 1 is 1.33 bits per heavy atom. The molecular formula is C15H12ClN3OS. The lowest BCUT2D eigenvalue weighted by Crippen LogP contribution is -2.16. The van der Waals surface area contributed by atoms with Gasteiger partial charge in [-0.1, -0.05) is 29.8 Å². The number of hydrogen-bond donors (Lipinski definition) is 1. The van der Waals surface area contributed by atoms with Crippen LogP contribution in [0, 0.1) is 0 Å². The predicted molar refractivity (Wildman–Crippen MR) is 87.3 cm³/mol. The number of nitrogens with one attached hydrogen (secondary N) is 1. The number of aromatic nitrogens is 1. The summed E-state index contributed by atoms with van der Waals surface area (Å²) in [5.74, 6) is -0.299. The van der Waals surface area contributed by atoms with Crippen molar-refractivity contribution < 1.29 is 4.79 Å². The molecule has 21 heavy (non-hydrogen) atoms. The quantitative estimate of drug-likeness (QED) is 0.581. The third-order valence-electron chi connectivity index (χ3n) is 3.09. The Morgan fingerprint density at radius 3 is 2.86 bits per heavy atom. The first-order valence-electron chi connectivity index (χ1n) is 6.28. The van der Waals surface area contributed by atoms with Gasteiger partial charge in [-0.25, -0.2) is 5.43 Å². The lowest BCUT2D eigenvalue weighted by molar-refractivity contribution is 0.0959. The van der Waals surface area contributed by atoms with Gasteiger partial charge >= 0.3 is 0 Å². The highest BCUT2D eigenvalue weighted by atomic mass is 35.5. The Kier molecular flexibility index (Phi) is 3.77. The molecule has 0 spiro atoms. The highest BCUT2D eigenvalue weighted by molar-refractivity contribution is 7.21. The summed E-state index contributed by atoms with van der Waals surface area (Å²) in [5, 5.41) is 5.33. The van der Waals surface area contributed by atoms with Crippen molar-refractivity contribution in [2.24, 2.45) is 12.1 Å². The van der Waals surface area contributed by atoms with Gasteiger partial charge in [-0.3, -0.25) is 4.79 Å². The molecule has 0 aliphatic carbocycles. The number of carbonyl (C=O) groups is 1. The van der Waals surface area contributed by atoms with E-state index in [1.165, 1.54) is 11.3 Å². The predicted octanol–water partition coefficient (Wildman–Crippen LogP) is 3.66. The summed E-state index contributed by atoms with van der Waals surface area (Å²) in [6, 6.07) is 11.5. The van der Waals surface area contributed by atoms with Crippen molar-refractivity contribution >= 4 is 45.1 Å². The zero-order valence-electron chi connectivity index (χ0n) is 11.2. The van der Waals surface area contributed by atoms with Crippen molar-refractivity contribution in [1.29, 1.82) is 0 Å². The average molecular weight is 318 g/mol. The molecule has 0 atom stereocenters. The standard InChI is InChI=1S/C15H12ClN3OS/c1-19-8-4-5-10(19)9-17-18-15(20)14-13(16)11-6-2-3-7-12(11)21-14/h2-9H,1H3,(H,18,20)/b17-9-. The number of rotatable bonds is 3. The van der Waals surface area contributed by atoms with E-state index in [4.69, 9.17) is 11.6 Å². The summed E-state index contributed by atoms with van der Waals surface area (Å²) in [6.07, 6.45) is 3.51. The molecule has 6 heteroatoms. The molecule has 2 aromatic heterocycles. The van der Waals surface area contributed by atoms with Gasteiger partial charge < -0.3 is 4.57 Å². The number of hydrazone groups is 1. The Bertz CT molecular complexity index is 834. The minimum Gasteiger partial charge on any atom is -0.350 e. The summed E-state index contributed by atoms with van der Waals surface area (Å²) in [7, 11) is 1.91. The smallest absolute Gasteiger partial charge is 0.283 e. The Morgan fingerprint density at radius 2 is 2.14 bits per heavy atom. The molecule has 2 heterocycles. The van der Waals surface area contributed by atoms with Crippen LogP contribution in [0.25, 0.3) is 10.1 Å². The minimum atomic E-state index is -0.299. The summed E-state index contributed by atoms with van der Waals surface area (Å²) in [6.45, 7) is 0. The van der Waals surface area contributed by atoms with Gasteiger partial charge in [0.25, 0.3) is 5.91 Å². The lowest BCUT2D eigenvalue weighted by Gasteiger charge is -1.98. The number of nitrogens with zero attached hydrogens (tertiary/aromatic N) is 2. The van der Waals surface area contributed by atoms with Gasteiger partial charge in [0.05, 0.1) is 16.9 Å². The molecule has 0 bridgehead atoms. The second kappa shape index (κ2) is 5.71. The van der Waals surface area contributed by atoms with Crippen molar-refractivity contribution in [3.05, 3.63) is 58.2 Å². The van der Waals surface area contributed by atoms with Crippen LogP contribution in [-0.4, -0.2) is 16.7 Å². The normalized spacial score (nSPS) is 11.3. The largest absolute Gasteiger partial charge is 0.350 e. The maximum absolute atomic E-state index is 12.1. The maximum Gasteiger partial charge on any atom is 0.283 e. The van der Waals surface area contributed by atoms with Crippen molar-refractivity contribution in [1.82, 2.24) is 9.99 Å². The molecule has 0 fully saturated rings. The second-order valence-electron chi connectivity index (χ2n) is 4.48. The van der Waals surface area contributed by atoms with E-state index in [2.05, 4.69) is 10.5 Å². The van der Waals surface area contributed by atoms with E-state index in [0.29, 0.717) is 9.90 Å². The van der Waals surface area contributed by atoms with Gasteiger partial charge in [-0.05, 0) is 18.2 Å². The van der Waals surface area contributed by atoms with Gasteiger partial charge in [0.1, 0.15) is 4.88 Å². The number of halogens is 1. The van der Waals surface area contributed by atoms with Crippen molar-refractivity contribution in [2.75, 3.05) is 0 Å². The molecule has 4 nitrogen and oxygen atoms in total. The van der Waals surface area contributed by atoms with Gasteiger partial charge in [-0.2, -0.15) is 5.10 Å². The highest BCUT2D eigenvalue weighted by Crippen LogP contribution is 2.34. The van der Waals surface area contributed by atoms with Crippen molar-refractivity contribution in [3.63, 3.8) is 0 Å². The summed E-state index contributed by atoms with van der Waals surface area (Å²) in [5.41, 5.74) is 3.41. The van der Waals surface area contributed by atoms with Crippen LogP contribution in [0.1, 0.15) is 15.4 Å². The molecule has 1 amide bonds. The topological polar surface area (TPSA) is 46.4 Å². The van der Waals surface area contributed by atoms with E-state index >= 15 is 0 Å². The molecule has 0 unspecified atom stereocenters. The monoisotopic (exact) mass is 317 g/mol. The summed E-state index contributed by atoms with van der Waals surface area (Å²) in [4.78, 5) is 12.6. The number of aryl methyl sites for hydroxylation is 1. The molecule has 0 aliphatic rings. The van der Waals surface area contributed by atoms with Gasteiger partial charge in [-0.15, -0.1) is 11.3 Å². The first kappa shape index (κ1) is 13.9. The van der Waals surface area contributed by atoms with Crippen LogP contribution in [0.5, 0.6) is 0 Å². The Hall–Kier alpha value is -2.11. The van der Waals surface area contributed by atoms with Crippen molar-refractivity contribution in [2.45, 2.75) is 0 Å². The SMILES string of the molecule is Cn1cccc1/C=N\NC(=O)c1sc2ccccc2c1Cl. The first-order chi connectivity index (χ1) is 10.2. The van der Waals surface area contributed by atoms with Crippen LogP contribution < -0.4 is 5.43 Å². The lowest BCUT2D eigenvalue weighted by atomic mass is 10.2. The van der Waals surface area contributed by atoms with E-state index in [0.717, 1.165) is 15.8 Å². The molecule has 3 rings (SSSR count). The van der Waals surface area contributed by atoms with Crippen molar-refractivity contribution in [3.8, 4) is 0 Å².